The minimum atomic E-state index is -0.0288. The van der Waals surface area contributed by atoms with Crippen LogP contribution in [0.15, 0.2) is 12.1 Å². The van der Waals surface area contributed by atoms with Gasteiger partial charge in [-0.05, 0) is 37.5 Å². The van der Waals surface area contributed by atoms with Gasteiger partial charge in [0.25, 0.3) is 0 Å². The van der Waals surface area contributed by atoms with E-state index in [1.807, 2.05) is 19.1 Å². The molecule has 4 nitrogen and oxygen atoms in total. The second kappa shape index (κ2) is 7.53. The van der Waals surface area contributed by atoms with Gasteiger partial charge in [-0.15, -0.1) is 0 Å². The number of aliphatic hydroxyl groups excluding tert-OH is 1. The highest BCUT2D eigenvalue weighted by atomic mass is 35.5. The Bertz CT molecular complexity index is 509. The van der Waals surface area contributed by atoms with Gasteiger partial charge < -0.3 is 19.9 Å². The molecule has 0 bridgehead atoms. The van der Waals surface area contributed by atoms with Crippen molar-refractivity contribution in [2.75, 3.05) is 20.3 Å². The van der Waals surface area contributed by atoms with Crippen molar-refractivity contribution in [3.8, 4) is 11.5 Å². The van der Waals surface area contributed by atoms with Gasteiger partial charge in [-0.25, -0.2) is 0 Å². The molecule has 124 valence electrons. The third-order valence-electron chi connectivity index (χ3n) is 4.57. The van der Waals surface area contributed by atoms with Gasteiger partial charge in [0.05, 0.1) is 18.7 Å². The Morgan fingerprint density at radius 1 is 1.45 bits per heavy atom. The molecule has 2 unspecified atom stereocenters. The molecule has 0 aliphatic heterocycles. The quantitative estimate of drug-likeness (QED) is 0.806. The van der Waals surface area contributed by atoms with Crippen molar-refractivity contribution in [1.29, 1.82) is 0 Å². The molecule has 1 aliphatic rings. The summed E-state index contributed by atoms with van der Waals surface area (Å²) in [6.45, 7) is 5.56. The molecule has 0 aromatic heterocycles. The highest BCUT2D eigenvalue weighted by Crippen LogP contribution is 2.39. The minimum Gasteiger partial charge on any atom is -0.491 e. The molecule has 0 radical (unpaired) electrons. The maximum atomic E-state index is 9.62. The highest BCUT2D eigenvalue weighted by Gasteiger charge is 2.37. The first kappa shape index (κ1) is 17.4. The van der Waals surface area contributed by atoms with E-state index in [1.54, 1.807) is 7.11 Å². The summed E-state index contributed by atoms with van der Waals surface area (Å²) in [4.78, 5) is 0. The maximum absolute atomic E-state index is 9.62. The summed E-state index contributed by atoms with van der Waals surface area (Å²) in [5, 5.41) is 13.7. The van der Waals surface area contributed by atoms with E-state index in [9.17, 15) is 5.11 Å². The minimum absolute atomic E-state index is 0.0288. The number of methoxy groups -OCH3 is 1. The van der Waals surface area contributed by atoms with Crippen molar-refractivity contribution in [1.82, 2.24) is 5.32 Å². The predicted octanol–water partition coefficient (Wildman–Crippen LogP) is 3.39. The van der Waals surface area contributed by atoms with Crippen LogP contribution in [-0.4, -0.2) is 31.5 Å². The molecule has 1 aromatic carbocycles. The molecular formula is C17H26ClNO3. The molecule has 1 aliphatic carbocycles. The molecule has 5 heteroatoms. The second-order valence-electron chi connectivity index (χ2n) is 6.18. The maximum Gasteiger partial charge on any atom is 0.179 e. The third kappa shape index (κ3) is 3.67. The van der Waals surface area contributed by atoms with E-state index in [-0.39, 0.29) is 12.0 Å². The Hall–Kier alpha value is -0.970. The normalized spacial score (nSPS) is 24.5. The fourth-order valence-corrected chi connectivity index (χ4v) is 3.51. The lowest BCUT2D eigenvalue weighted by atomic mass is 9.86. The zero-order valence-electron chi connectivity index (χ0n) is 13.6. The van der Waals surface area contributed by atoms with Crippen LogP contribution in [0.4, 0.5) is 0 Å². The van der Waals surface area contributed by atoms with Crippen molar-refractivity contribution in [3.05, 3.63) is 22.7 Å². The summed E-state index contributed by atoms with van der Waals surface area (Å²) in [6.07, 6.45) is 3.32. The molecule has 0 heterocycles. The van der Waals surface area contributed by atoms with Crippen molar-refractivity contribution >= 4 is 11.6 Å². The van der Waals surface area contributed by atoms with Crippen LogP contribution in [0.2, 0.25) is 5.02 Å². The summed E-state index contributed by atoms with van der Waals surface area (Å²) in [7, 11) is 1.59. The molecule has 1 saturated carbocycles. The third-order valence-corrected chi connectivity index (χ3v) is 4.85. The molecule has 0 saturated heterocycles. The molecule has 1 aromatic rings. The van der Waals surface area contributed by atoms with Crippen LogP contribution in [-0.2, 0) is 6.54 Å². The van der Waals surface area contributed by atoms with Gasteiger partial charge in [0.15, 0.2) is 11.5 Å². The van der Waals surface area contributed by atoms with E-state index >= 15 is 0 Å². The molecule has 0 spiro atoms. The summed E-state index contributed by atoms with van der Waals surface area (Å²) < 4.78 is 10.9. The first-order chi connectivity index (χ1) is 10.5. The van der Waals surface area contributed by atoms with E-state index in [0.29, 0.717) is 35.7 Å². The van der Waals surface area contributed by atoms with E-state index in [0.717, 1.165) is 24.8 Å². The number of nitrogens with one attached hydrogen (secondary N) is 1. The average Bonchev–Trinajstić information content (AvgIpc) is 2.87. The fourth-order valence-electron chi connectivity index (χ4n) is 3.20. The second-order valence-corrected chi connectivity index (χ2v) is 6.59. The van der Waals surface area contributed by atoms with Crippen molar-refractivity contribution in [2.24, 2.45) is 5.41 Å². The summed E-state index contributed by atoms with van der Waals surface area (Å²) in [5.41, 5.74) is 1.03. The van der Waals surface area contributed by atoms with Gasteiger partial charge in [-0.3, -0.25) is 0 Å². The highest BCUT2D eigenvalue weighted by molar-refractivity contribution is 6.32. The van der Waals surface area contributed by atoms with E-state index < -0.39 is 0 Å². The van der Waals surface area contributed by atoms with E-state index in [4.69, 9.17) is 21.1 Å². The topological polar surface area (TPSA) is 50.7 Å². The Kier molecular flexibility index (Phi) is 5.95. The Morgan fingerprint density at radius 2 is 2.23 bits per heavy atom. The van der Waals surface area contributed by atoms with Gasteiger partial charge in [0.2, 0.25) is 0 Å². The first-order valence-electron chi connectivity index (χ1n) is 7.87. The number of aliphatic hydroxyl groups is 1. The number of benzene rings is 1. The molecule has 0 amide bonds. The Balaban J connectivity index is 2.10. The van der Waals surface area contributed by atoms with Crippen LogP contribution in [0.1, 0.15) is 38.7 Å². The molecule has 1 fully saturated rings. The lowest BCUT2D eigenvalue weighted by molar-refractivity contribution is 0.118. The number of hydrogen-bond acceptors (Lipinski definition) is 4. The van der Waals surface area contributed by atoms with E-state index in [1.165, 1.54) is 0 Å². The number of halogens is 1. The average molecular weight is 328 g/mol. The number of rotatable bonds is 7. The summed E-state index contributed by atoms with van der Waals surface area (Å²) in [6, 6.07) is 4.20. The van der Waals surface area contributed by atoms with Crippen molar-refractivity contribution in [3.63, 3.8) is 0 Å². The SMILES string of the molecule is CCOc1cc(CNC2CCCC2(C)CO)cc(Cl)c1OC. The van der Waals surface area contributed by atoms with Crippen LogP contribution in [0.3, 0.4) is 0 Å². The van der Waals surface area contributed by atoms with Crippen LogP contribution in [0.5, 0.6) is 11.5 Å². The predicted molar refractivity (Wildman–Crippen MR) is 88.8 cm³/mol. The summed E-state index contributed by atoms with van der Waals surface area (Å²) >= 11 is 6.28. The fraction of sp³-hybridized carbons (Fsp3) is 0.647. The van der Waals surface area contributed by atoms with Crippen LogP contribution in [0.25, 0.3) is 0 Å². The van der Waals surface area contributed by atoms with Gasteiger partial charge in [-0.1, -0.05) is 24.9 Å². The summed E-state index contributed by atoms with van der Waals surface area (Å²) in [5.74, 6) is 1.25. The van der Waals surface area contributed by atoms with Crippen LogP contribution < -0.4 is 14.8 Å². The smallest absolute Gasteiger partial charge is 0.179 e. The largest absolute Gasteiger partial charge is 0.491 e. The van der Waals surface area contributed by atoms with Crippen molar-refractivity contribution < 1.29 is 14.6 Å². The first-order valence-corrected chi connectivity index (χ1v) is 8.25. The van der Waals surface area contributed by atoms with Crippen molar-refractivity contribution in [2.45, 2.75) is 45.7 Å². The van der Waals surface area contributed by atoms with Crippen LogP contribution in [0, 0.1) is 5.41 Å². The molecular weight excluding hydrogens is 302 g/mol. The zero-order valence-corrected chi connectivity index (χ0v) is 14.4. The molecule has 22 heavy (non-hydrogen) atoms. The Morgan fingerprint density at radius 3 is 2.86 bits per heavy atom. The van der Waals surface area contributed by atoms with Gasteiger partial charge in [0, 0.05) is 24.6 Å². The van der Waals surface area contributed by atoms with Gasteiger partial charge >= 0.3 is 0 Å². The van der Waals surface area contributed by atoms with E-state index in [2.05, 4.69) is 12.2 Å². The van der Waals surface area contributed by atoms with Crippen LogP contribution >= 0.6 is 11.6 Å². The Labute approximate surface area is 137 Å². The van der Waals surface area contributed by atoms with Gasteiger partial charge in [-0.2, -0.15) is 0 Å². The zero-order chi connectivity index (χ0) is 16.2. The molecule has 2 rings (SSSR count). The molecule has 2 atom stereocenters. The molecule has 2 N–H and O–H groups in total. The number of ether oxygens (including phenoxy) is 2. The lowest BCUT2D eigenvalue weighted by Crippen LogP contribution is -2.41. The monoisotopic (exact) mass is 327 g/mol. The van der Waals surface area contributed by atoms with Gasteiger partial charge in [0.1, 0.15) is 0 Å². The standard InChI is InChI=1S/C17H26ClNO3/c1-4-22-14-9-12(8-13(18)16(14)21-3)10-19-15-6-5-7-17(15,2)11-20/h8-9,15,19-20H,4-7,10-11H2,1-3H3. The lowest BCUT2D eigenvalue weighted by Gasteiger charge is -2.30. The number of hydrogen-bond donors (Lipinski definition) is 2.